The van der Waals surface area contributed by atoms with Crippen LogP contribution in [0.4, 0.5) is 0 Å². The fourth-order valence-corrected chi connectivity index (χ4v) is 1.96. The molecule has 0 aromatic carbocycles. The van der Waals surface area contributed by atoms with Gasteiger partial charge >= 0.3 is 0 Å². The zero-order valence-electron chi connectivity index (χ0n) is 12.7. The van der Waals surface area contributed by atoms with Crippen LogP contribution in [0.2, 0.25) is 0 Å². The molecule has 110 valence electrons. The second-order valence-electron chi connectivity index (χ2n) is 5.04. The van der Waals surface area contributed by atoms with E-state index in [4.69, 9.17) is 10.00 Å². The lowest BCUT2D eigenvalue weighted by molar-refractivity contribution is 0.135. The molecule has 0 N–H and O–H groups in total. The molecule has 0 aliphatic heterocycles. The maximum Gasteiger partial charge on any atom is 0.0645 e. The molecule has 2 nitrogen and oxygen atoms in total. The van der Waals surface area contributed by atoms with E-state index in [0.717, 1.165) is 13.0 Å². The molecule has 0 unspecified atom stereocenters. The SMILES string of the molecule is CCCCC/C=C/CCCCCCCOCCC#N. The average Bonchev–Trinajstić information content (AvgIpc) is 2.43. The zero-order chi connectivity index (χ0) is 14.0. The monoisotopic (exact) mass is 265 g/mol. The Labute approximate surface area is 119 Å². The third kappa shape index (κ3) is 17.2. The number of ether oxygens (including phenoxy) is 1. The number of allylic oxidation sites excluding steroid dienone is 2. The molecular formula is C17H31NO. The molecule has 0 fully saturated rings. The van der Waals surface area contributed by atoms with Crippen LogP contribution in [-0.2, 0) is 4.74 Å². The third-order valence-electron chi connectivity index (χ3n) is 3.16. The van der Waals surface area contributed by atoms with Crippen molar-refractivity contribution in [1.29, 1.82) is 5.26 Å². The predicted molar refractivity (Wildman–Crippen MR) is 82.0 cm³/mol. The smallest absolute Gasteiger partial charge is 0.0645 e. The van der Waals surface area contributed by atoms with Crippen molar-refractivity contribution in [2.24, 2.45) is 0 Å². The van der Waals surface area contributed by atoms with E-state index in [1.54, 1.807) is 0 Å². The number of nitrogens with zero attached hydrogens (tertiary/aromatic N) is 1. The van der Waals surface area contributed by atoms with Gasteiger partial charge in [0.1, 0.15) is 0 Å². The lowest BCUT2D eigenvalue weighted by atomic mass is 10.1. The van der Waals surface area contributed by atoms with Crippen LogP contribution >= 0.6 is 0 Å². The molecule has 0 aliphatic carbocycles. The van der Waals surface area contributed by atoms with E-state index in [9.17, 15) is 0 Å². The minimum atomic E-state index is 0.518. The van der Waals surface area contributed by atoms with Crippen LogP contribution in [-0.4, -0.2) is 13.2 Å². The van der Waals surface area contributed by atoms with Gasteiger partial charge in [-0.2, -0.15) is 5.26 Å². The molecule has 0 heterocycles. The molecule has 0 bridgehead atoms. The average molecular weight is 265 g/mol. The summed E-state index contributed by atoms with van der Waals surface area (Å²) in [6, 6.07) is 2.08. The number of hydrogen-bond donors (Lipinski definition) is 0. The number of rotatable bonds is 14. The second kappa shape index (κ2) is 17.2. The summed E-state index contributed by atoms with van der Waals surface area (Å²) in [5.41, 5.74) is 0. The molecule has 0 saturated heterocycles. The molecule has 0 rings (SSSR count). The quantitative estimate of drug-likeness (QED) is 0.311. The Balaban J connectivity index is 3.00. The molecule has 19 heavy (non-hydrogen) atoms. The van der Waals surface area contributed by atoms with Crippen molar-refractivity contribution in [3.63, 3.8) is 0 Å². The van der Waals surface area contributed by atoms with Gasteiger partial charge in [-0.15, -0.1) is 0 Å². The van der Waals surface area contributed by atoms with Crippen LogP contribution in [0.15, 0.2) is 12.2 Å². The van der Waals surface area contributed by atoms with Crippen LogP contribution in [0.3, 0.4) is 0 Å². The fraction of sp³-hybridized carbons (Fsp3) is 0.824. The van der Waals surface area contributed by atoms with Gasteiger partial charge in [0.15, 0.2) is 0 Å². The fourth-order valence-electron chi connectivity index (χ4n) is 1.96. The van der Waals surface area contributed by atoms with Crippen molar-refractivity contribution in [3.8, 4) is 6.07 Å². The minimum Gasteiger partial charge on any atom is -0.380 e. The second-order valence-corrected chi connectivity index (χ2v) is 5.04. The van der Waals surface area contributed by atoms with Gasteiger partial charge in [0.2, 0.25) is 0 Å². The van der Waals surface area contributed by atoms with Crippen LogP contribution in [0.1, 0.15) is 77.6 Å². The van der Waals surface area contributed by atoms with Gasteiger partial charge in [0, 0.05) is 6.61 Å². The summed E-state index contributed by atoms with van der Waals surface area (Å²) in [4.78, 5) is 0. The molecule has 0 aromatic rings. The van der Waals surface area contributed by atoms with E-state index in [-0.39, 0.29) is 0 Å². The topological polar surface area (TPSA) is 33.0 Å². The Morgan fingerprint density at radius 1 is 0.842 bits per heavy atom. The standard InChI is InChI=1S/C17H31NO/c1-2-3-4-5-6-7-8-9-10-11-12-13-16-19-17-14-15-18/h6-7H,2-5,8-14,16-17H2,1H3/b7-6+. The maximum atomic E-state index is 8.33. The number of hydrogen-bond acceptors (Lipinski definition) is 2. The van der Waals surface area contributed by atoms with Crippen molar-refractivity contribution in [2.75, 3.05) is 13.2 Å². The normalized spacial score (nSPS) is 10.9. The molecule has 0 aliphatic rings. The van der Waals surface area contributed by atoms with Crippen molar-refractivity contribution >= 4 is 0 Å². The van der Waals surface area contributed by atoms with E-state index in [1.807, 2.05) is 0 Å². The summed E-state index contributed by atoms with van der Waals surface area (Å²) >= 11 is 0. The first-order valence-electron chi connectivity index (χ1n) is 8.01. The Hall–Kier alpha value is -0.810. The molecule has 0 saturated carbocycles. The Morgan fingerprint density at radius 2 is 1.47 bits per heavy atom. The summed E-state index contributed by atoms with van der Waals surface area (Å²) in [5.74, 6) is 0. The van der Waals surface area contributed by atoms with E-state index < -0.39 is 0 Å². The lowest BCUT2D eigenvalue weighted by Crippen LogP contribution is -1.95. The summed E-state index contributed by atoms with van der Waals surface area (Å²) in [6.45, 7) is 3.66. The molecule has 0 atom stereocenters. The summed E-state index contributed by atoms with van der Waals surface area (Å²) in [6.07, 6.45) is 18.1. The van der Waals surface area contributed by atoms with E-state index >= 15 is 0 Å². The predicted octanol–water partition coefficient (Wildman–Crippen LogP) is 5.39. The summed E-state index contributed by atoms with van der Waals surface area (Å²) in [7, 11) is 0. The Morgan fingerprint density at radius 3 is 2.16 bits per heavy atom. The van der Waals surface area contributed by atoms with Crippen molar-refractivity contribution in [3.05, 3.63) is 12.2 Å². The first-order chi connectivity index (χ1) is 9.41. The van der Waals surface area contributed by atoms with Crippen molar-refractivity contribution < 1.29 is 4.74 Å². The van der Waals surface area contributed by atoms with Crippen LogP contribution in [0.5, 0.6) is 0 Å². The van der Waals surface area contributed by atoms with E-state index in [0.29, 0.717) is 13.0 Å². The molecule has 0 radical (unpaired) electrons. The van der Waals surface area contributed by atoms with Crippen molar-refractivity contribution in [1.82, 2.24) is 0 Å². The summed E-state index contributed by atoms with van der Waals surface area (Å²) in [5, 5.41) is 8.33. The van der Waals surface area contributed by atoms with E-state index in [1.165, 1.54) is 57.8 Å². The van der Waals surface area contributed by atoms with Gasteiger partial charge in [-0.1, -0.05) is 51.2 Å². The first-order valence-corrected chi connectivity index (χ1v) is 8.01. The van der Waals surface area contributed by atoms with Gasteiger partial charge in [-0.25, -0.2) is 0 Å². The Bertz CT molecular complexity index is 230. The van der Waals surface area contributed by atoms with Gasteiger partial charge in [-0.05, 0) is 32.1 Å². The number of nitriles is 1. The van der Waals surface area contributed by atoms with Gasteiger partial charge in [0.25, 0.3) is 0 Å². The highest BCUT2D eigenvalue weighted by Crippen LogP contribution is 2.07. The molecular weight excluding hydrogens is 234 g/mol. The highest BCUT2D eigenvalue weighted by molar-refractivity contribution is 4.81. The van der Waals surface area contributed by atoms with Crippen molar-refractivity contribution in [2.45, 2.75) is 77.6 Å². The maximum absolute atomic E-state index is 8.33. The van der Waals surface area contributed by atoms with Gasteiger partial charge in [0.05, 0.1) is 19.1 Å². The Kier molecular flexibility index (Phi) is 16.5. The van der Waals surface area contributed by atoms with E-state index in [2.05, 4.69) is 25.1 Å². The largest absolute Gasteiger partial charge is 0.380 e. The number of unbranched alkanes of at least 4 members (excludes halogenated alkanes) is 8. The molecule has 0 spiro atoms. The third-order valence-corrected chi connectivity index (χ3v) is 3.16. The highest BCUT2D eigenvalue weighted by atomic mass is 16.5. The lowest BCUT2D eigenvalue weighted by Gasteiger charge is -2.01. The first kappa shape index (κ1) is 18.2. The minimum absolute atomic E-state index is 0.518. The van der Waals surface area contributed by atoms with Gasteiger partial charge < -0.3 is 4.74 Å². The van der Waals surface area contributed by atoms with Crippen LogP contribution in [0.25, 0.3) is 0 Å². The zero-order valence-corrected chi connectivity index (χ0v) is 12.7. The highest BCUT2D eigenvalue weighted by Gasteiger charge is 1.91. The van der Waals surface area contributed by atoms with Crippen LogP contribution in [0, 0.1) is 11.3 Å². The van der Waals surface area contributed by atoms with Gasteiger partial charge in [-0.3, -0.25) is 0 Å². The van der Waals surface area contributed by atoms with Crippen LogP contribution < -0.4 is 0 Å². The molecule has 0 aromatic heterocycles. The molecule has 0 amide bonds. The molecule has 2 heteroatoms. The summed E-state index contributed by atoms with van der Waals surface area (Å²) < 4.78 is 5.33.